The monoisotopic (exact) mass is 420 g/mol. The standard InChI is InChI=1S/C22H21BrN4/c1-3-16-8-6-9-17(11-16)13-24-21-12-20(18-10-5-4-7-15(18)2)26-22-19(23)14-25-27(21)22/h4-12,14,24H,3,13H2,1-2H3. The molecule has 1 N–H and O–H groups in total. The van der Waals surface area contributed by atoms with Gasteiger partial charge in [0.2, 0.25) is 0 Å². The number of aromatic nitrogens is 3. The molecule has 2 aromatic heterocycles. The third kappa shape index (κ3) is 3.60. The lowest BCUT2D eigenvalue weighted by Gasteiger charge is -2.12. The van der Waals surface area contributed by atoms with Crippen molar-refractivity contribution in [2.24, 2.45) is 0 Å². The van der Waals surface area contributed by atoms with Crippen LogP contribution in [-0.4, -0.2) is 14.6 Å². The fourth-order valence-electron chi connectivity index (χ4n) is 3.21. The van der Waals surface area contributed by atoms with E-state index in [9.17, 15) is 0 Å². The van der Waals surface area contributed by atoms with Crippen molar-refractivity contribution in [2.75, 3.05) is 5.32 Å². The Labute approximate surface area is 167 Å². The average Bonchev–Trinajstić information content (AvgIpc) is 3.07. The van der Waals surface area contributed by atoms with E-state index in [0.717, 1.165) is 40.2 Å². The summed E-state index contributed by atoms with van der Waals surface area (Å²) < 4.78 is 2.73. The van der Waals surface area contributed by atoms with Crippen LogP contribution in [0.4, 0.5) is 5.82 Å². The molecule has 0 saturated carbocycles. The summed E-state index contributed by atoms with van der Waals surface area (Å²) in [7, 11) is 0. The van der Waals surface area contributed by atoms with E-state index in [-0.39, 0.29) is 0 Å². The van der Waals surface area contributed by atoms with Gasteiger partial charge in [0.15, 0.2) is 5.65 Å². The third-order valence-corrected chi connectivity index (χ3v) is 5.28. The molecule has 0 radical (unpaired) electrons. The van der Waals surface area contributed by atoms with Crippen molar-refractivity contribution < 1.29 is 0 Å². The van der Waals surface area contributed by atoms with Gasteiger partial charge in [-0.15, -0.1) is 0 Å². The van der Waals surface area contributed by atoms with Gasteiger partial charge in [-0.25, -0.2) is 4.98 Å². The van der Waals surface area contributed by atoms with Crippen LogP contribution in [0.15, 0.2) is 65.3 Å². The molecule has 0 bridgehead atoms. The summed E-state index contributed by atoms with van der Waals surface area (Å²) in [6.07, 6.45) is 2.82. The van der Waals surface area contributed by atoms with E-state index in [1.807, 2.05) is 16.6 Å². The van der Waals surface area contributed by atoms with Crippen molar-refractivity contribution in [3.05, 3.63) is 82.0 Å². The minimum absolute atomic E-state index is 0.734. The van der Waals surface area contributed by atoms with Crippen LogP contribution in [0.2, 0.25) is 0 Å². The predicted molar refractivity (Wildman–Crippen MR) is 114 cm³/mol. The quantitative estimate of drug-likeness (QED) is 0.453. The molecule has 4 aromatic rings. The van der Waals surface area contributed by atoms with Gasteiger partial charge in [-0.1, -0.05) is 55.5 Å². The summed E-state index contributed by atoms with van der Waals surface area (Å²) in [5.41, 5.74) is 6.67. The maximum Gasteiger partial charge on any atom is 0.172 e. The fourth-order valence-corrected chi connectivity index (χ4v) is 3.56. The Morgan fingerprint density at radius 2 is 1.85 bits per heavy atom. The Morgan fingerprint density at radius 1 is 1.04 bits per heavy atom. The van der Waals surface area contributed by atoms with Crippen LogP contribution in [0.3, 0.4) is 0 Å². The van der Waals surface area contributed by atoms with Crippen LogP contribution in [0.5, 0.6) is 0 Å². The van der Waals surface area contributed by atoms with Crippen LogP contribution in [0.1, 0.15) is 23.6 Å². The number of nitrogens with one attached hydrogen (secondary N) is 1. The number of rotatable bonds is 5. The molecule has 0 saturated heterocycles. The van der Waals surface area contributed by atoms with Gasteiger partial charge in [0.1, 0.15) is 5.82 Å². The maximum absolute atomic E-state index is 4.82. The van der Waals surface area contributed by atoms with Gasteiger partial charge in [0, 0.05) is 18.2 Å². The van der Waals surface area contributed by atoms with Crippen LogP contribution in [0, 0.1) is 6.92 Å². The summed E-state index contributed by atoms with van der Waals surface area (Å²) in [6, 6.07) is 19.0. The summed E-state index contributed by atoms with van der Waals surface area (Å²) in [5.74, 6) is 0.922. The first-order valence-corrected chi connectivity index (χ1v) is 9.87. The normalized spacial score (nSPS) is 11.1. The smallest absolute Gasteiger partial charge is 0.172 e. The van der Waals surface area contributed by atoms with E-state index in [1.54, 1.807) is 6.20 Å². The van der Waals surface area contributed by atoms with Crippen molar-refractivity contribution in [1.82, 2.24) is 14.6 Å². The van der Waals surface area contributed by atoms with Crippen LogP contribution >= 0.6 is 15.9 Å². The number of benzene rings is 2. The Morgan fingerprint density at radius 3 is 2.67 bits per heavy atom. The number of aryl methyl sites for hydroxylation is 2. The SMILES string of the molecule is CCc1cccc(CNc2cc(-c3ccccc3C)nc3c(Br)cnn23)c1. The van der Waals surface area contributed by atoms with Gasteiger partial charge in [0.05, 0.1) is 16.4 Å². The van der Waals surface area contributed by atoms with E-state index in [4.69, 9.17) is 4.98 Å². The van der Waals surface area contributed by atoms with Crippen LogP contribution in [0.25, 0.3) is 16.9 Å². The largest absolute Gasteiger partial charge is 0.366 e. The van der Waals surface area contributed by atoms with Crippen LogP contribution in [-0.2, 0) is 13.0 Å². The van der Waals surface area contributed by atoms with Crippen molar-refractivity contribution in [2.45, 2.75) is 26.8 Å². The molecule has 0 aliphatic heterocycles. The number of hydrogen-bond acceptors (Lipinski definition) is 3. The van der Waals surface area contributed by atoms with Crippen molar-refractivity contribution in [3.8, 4) is 11.3 Å². The highest BCUT2D eigenvalue weighted by Gasteiger charge is 2.12. The van der Waals surface area contributed by atoms with Gasteiger partial charge >= 0.3 is 0 Å². The molecular formula is C22H21BrN4. The molecular weight excluding hydrogens is 400 g/mol. The van der Waals surface area contributed by atoms with Crippen molar-refractivity contribution in [3.63, 3.8) is 0 Å². The van der Waals surface area contributed by atoms with Crippen molar-refractivity contribution >= 4 is 27.4 Å². The first-order valence-electron chi connectivity index (χ1n) is 9.07. The number of fused-ring (bicyclic) bond motifs is 1. The topological polar surface area (TPSA) is 42.2 Å². The predicted octanol–water partition coefficient (Wildman–Crippen LogP) is 5.64. The second-order valence-electron chi connectivity index (χ2n) is 6.60. The Kier molecular flexibility index (Phi) is 4.94. The number of halogens is 1. The molecule has 0 aliphatic rings. The number of anilines is 1. The van der Waals surface area contributed by atoms with E-state index < -0.39 is 0 Å². The molecule has 0 unspecified atom stereocenters. The van der Waals surface area contributed by atoms with Gasteiger partial charge in [-0.3, -0.25) is 0 Å². The minimum Gasteiger partial charge on any atom is -0.366 e. The molecule has 0 amide bonds. The number of hydrogen-bond donors (Lipinski definition) is 1. The second-order valence-corrected chi connectivity index (χ2v) is 7.45. The summed E-state index contributed by atoms with van der Waals surface area (Å²) in [5, 5.41) is 8.00. The average molecular weight is 421 g/mol. The summed E-state index contributed by atoms with van der Waals surface area (Å²) in [6.45, 7) is 5.02. The van der Waals surface area contributed by atoms with E-state index in [0.29, 0.717) is 0 Å². The van der Waals surface area contributed by atoms with E-state index in [1.165, 1.54) is 16.7 Å². The molecule has 4 rings (SSSR count). The Bertz CT molecular complexity index is 1100. The maximum atomic E-state index is 4.82. The Hall–Kier alpha value is -2.66. The molecule has 2 heterocycles. The molecule has 0 atom stereocenters. The van der Waals surface area contributed by atoms with Gasteiger partial charge in [-0.2, -0.15) is 9.61 Å². The zero-order chi connectivity index (χ0) is 18.8. The molecule has 0 spiro atoms. The highest BCUT2D eigenvalue weighted by Crippen LogP contribution is 2.28. The lowest BCUT2D eigenvalue weighted by molar-refractivity contribution is 0.926. The third-order valence-electron chi connectivity index (χ3n) is 4.72. The molecule has 4 nitrogen and oxygen atoms in total. The van der Waals surface area contributed by atoms with E-state index >= 15 is 0 Å². The molecule has 136 valence electrons. The number of nitrogens with zero attached hydrogens (tertiary/aromatic N) is 3. The van der Waals surface area contributed by atoms with Gasteiger partial charge < -0.3 is 5.32 Å². The van der Waals surface area contributed by atoms with Crippen molar-refractivity contribution in [1.29, 1.82) is 0 Å². The molecule has 27 heavy (non-hydrogen) atoms. The first kappa shape index (κ1) is 17.7. The summed E-state index contributed by atoms with van der Waals surface area (Å²) >= 11 is 3.57. The highest BCUT2D eigenvalue weighted by molar-refractivity contribution is 9.10. The lowest BCUT2D eigenvalue weighted by Crippen LogP contribution is -2.07. The first-order chi connectivity index (χ1) is 13.2. The molecule has 5 heteroatoms. The highest BCUT2D eigenvalue weighted by atomic mass is 79.9. The molecule has 2 aromatic carbocycles. The summed E-state index contributed by atoms with van der Waals surface area (Å²) in [4.78, 5) is 4.82. The molecule has 0 aliphatic carbocycles. The van der Waals surface area contributed by atoms with Gasteiger partial charge in [0.25, 0.3) is 0 Å². The molecule has 0 fully saturated rings. The van der Waals surface area contributed by atoms with Crippen LogP contribution < -0.4 is 5.32 Å². The van der Waals surface area contributed by atoms with E-state index in [2.05, 4.69) is 82.7 Å². The zero-order valence-corrected chi connectivity index (χ0v) is 17.0. The van der Waals surface area contributed by atoms with Gasteiger partial charge in [-0.05, 0) is 46.0 Å². The lowest BCUT2D eigenvalue weighted by atomic mass is 10.1. The minimum atomic E-state index is 0.734. The Balaban J connectivity index is 1.74. The second kappa shape index (κ2) is 7.53. The zero-order valence-electron chi connectivity index (χ0n) is 15.4. The fraction of sp³-hybridized carbons (Fsp3) is 0.182.